The second kappa shape index (κ2) is 9.68. The van der Waals surface area contributed by atoms with Gasteiger partial charge in [-0.3, -0.25) is 19.8 Å². The highest BCUT2D eigenvalue weighted by atomic mass is 16.6. The van der Waals surface area contributed by atoms with Crippen molar-refractivity contribution >= 4 is 11.6 Å². The molecule has 0 heterocycles. The first-order valence-electron chi connectivity index (χ1n) is 8.86. The normalized spacial score (nSPS) is 12.0. The van der Waals surface area contributed by atoms with Crippen LogP contribution in [0.3, 0.4) is 0 Å². The van der Waals surface area contributed by atoms with Crippen molar-refractivity contribution in [2.24, 2.45) is 0 Å². The summed E-state index contributed by atoms with van der Waals surface area (Å²) in [6, 6.07) is 16.3. The molecule has 1 unspecified atom stereocenters. The van der Waals surface area contributed by atoms with Crippen LogP contribution in [-0.2, 0) is 6.42 Å². The van der Waals surface area contributed by atoms with E-state index in [2.05, 4.69) is 36.2 Å². The third-order valence-electron chi connectivity index (χ3n) is 4.49. The molecule has 1 amide bonds. The third-order valence-corrected chi connectivity index (χ3v) is 4.49. The van der Waals surface area contributed by atoms with Crippen molar-refractivity contribution in [1.29, 1.82) is 0 Å². The number of hydrogen-bond donors (Lipinski definition) is 1. The van der Waals surface area contributed by atoms with Gasteiger partial charge in [-0.1, -0.05) is 56.3 Å². The molecule has 0 aromatic heterocycles. The smallest absolute Gasteiger partial charge is 0.282 e. The predicted octanol–water partition coefficient (Wildman–Crippen LogP) is 3.28. The van der Waals surface area contributed by atoms with Gasteiger partial charge in [-0.25, -0.2) is 0 Å². The van der Waals surface area contributed by atoms with Crippen LogP contribution in [-0.4, -0.2) is 41.4 Å². The number of benzene rings is 2. The molecule has 0 bridgehead atoms. The van der Waals surface area contributed by atoms with E-state index in [9.17, 15) is 14.9 Å². The topological polar surface area (TPSA) is 75.5 Å². The van der Waals surface area contributed by atoms with Crippen LogP contribution >= 0.6 is 0 Å². The van der Waals surface area contributed by atoms with Gasteiger partial charge in [-0.05, 0) is 31.1 Å². The number of nitrogens with zero attached hydrogens (tertiary/aromatic N) is 2. The van der Waals surface area contributed by atoms with E-state index in [0.717, 1.165) is 19.5 Å². The molecule has 2 aromatic carbocycles. The van der Waals surface area contributed by atoms with Gasteiger partial charge in [-0.15, -0.1) is 0 Å². The first-order chi connectivity index (χ1) is 12.6. The highest BCUT2D eigenvalue weighted by molar-refractivity contribution is 5.98. The summed E-state index contributed by atoms with van der Waals surface area (Å²) in [6.45, 7) is 6.35. The highest BCUT2D eigenvalue weighted by Gasteiger charge is 2.22. The summed E-state index contributed by atoms with van der Waals surface area (Å²) in [6.07, 6.45) is 0.805. The highest BCUT2D eigenvalue weighted by Crippen LogP contribution is 2.17. The zero-order chi connectivity index (χ0) is 18.9. The molecule has 0 spiro atoms. The molecule has 1 atom stereocenters. The Balaban J connectivity index is 2.11. The largest absolute Gasteiger partial charge is 0.350 e. The monoisotopic (exact) mass is 355 g/mol. The van der Waals surface area contributed by atoms with Gasteiger partial charge in [0.05, 0.1) is 4.92 Å². The van der Waals surface area contributed by atoms with Crippen LogP contribution in [0.1, 0.15) is 29.8 Å². The fourth-order valence-electron chi connectivity index (χ4n) is 3.09. The Morgan fingerprint density at radius 3 is 2.31 bits per heavy atom. The summed E-state index contributed by atoms with van der Waals surface area (Å²) in [7, 11) is 0. The zero-order valence-electron chi connectivity index (χ0n) is 15.2. The minimum absolute atomic E-state index is 0.0931. The molecular weight excluding hydrogens is 330 g/mol. The maximum Gasteiger partial charge on any atom is 0.282 e. The van der Waals surface area contributed by atoms with E-state index in [1.807, 2.05) is 18.2 Å². The number of para-hydroxylation sites is 1. The maximum atomic E-state index is 12.5. The summed E-state index contributed by atoms with van der Waals surface area (Å²) in [5.41, 5.74) is 1.12. The van der Waals surface area contributed by atoms with Gasteiger partial charge in [0.15, 0.2) is 0 Å². The fourth-order valence-corrected chi connectivity index (χ4v) is 3.09. The molecule has 1 N–H and O–H groups in total. The van der Waals surface area contributed by atoms with Crippen LogP contribution in [0.15, 0.2) is 54.6 Å². The first-order valence-corrected chi connectivity index (χ1v) is 8.86. The summed E-state index contributed by atoms with van der Waals surface area (Å²) in [5, 5.41) is 14.0. The van der Waals surface area contributed by atoms with Gasteiger partial charge in [0.1, 0.15) is 5.56 Å². The van der Waals surface area contributed by atoms with Gasteiger partial charge >= 0.3 is 0 Å². The lowest BCUT2D eigenvalue weighted by Crippen LogP contribution is -2.45. The average molecular weight is 355 g/mol. The molecule has 0 aliphatic rings. The Morgan fingerprint density at radius 1 is 1.08 bits per heavy atom. The SMILES string of the molecule is CCN(CC)C(CNC(=O)c1ccccc1[N+](=O)[O-])Cc1ccccc1. The Labute approximate surface area is 154 Å². The van der Waals surface area contributed by atoms with Crippen LogP contribution in [0.25, 0.3) is 0 Å². The van der Waals surface area contributed by atoms with Crippen LogP contribution in [0.5, 0.6) is 0 Å². The molecular formula is C20H25N3O3. The van der Waals surface area contributed by atoms with Gasteiger partial charge < -0.3 is 5.32 Å². The summed E-state index contributed by atoms with van der Waals surface area (Å²) in [4.78, 5) is 25.4. The minimum atomic E-state index is -0.527. The average Bonchev–Trinajstić information content (AvgIpc) is 2.67. The number of nitro groups is 1. The predicted molar refractivity (Wildman–Crippen MR) is 102 cm³/mol. The van der Waals surface area contributed by atoms with E-state index in [0.29, 0.717) is 6.54 Å². The molecule has 138 valence electrons. The Kier molecular flexibility index (Phi) is 7.29. The molecule has 2 rings (SSSR count). The number of nitrogens with one attached hydrogen (secondary N) is 1. The number of carbonyl (C=O) groups excluding carboxylic acids is 1. The molecule has 0 radical (unpaired) electrons. The van der Waals surface area contributed by atoms with Gasteiger partial charge in [0.25, 0.3) is 11.6 Å². The number of carbonyl (C=O) groups is 1. The van der Waals surface area contributed by atoms with E-state index in [1.165, 1.54) is 17.7 Å². The molecule has 6 nitrogen and oxygen atoms in total. The summed E-state index contributed by atoms with van der Waals surface area (Å²) in [5.74, 6) is -0.414. The molecule has 6 heteroatoms. The number of likely N-dealkylation sites (N-methyl/N-ethyl adjacent to an activating group) is 1. The quantitative estimate of drug-likeness (QED) is 0.553. The number of hydrogen-bond acceptors (Lipinski definition) is 4. The van der Waals surface area contributed by atoms with E-state index in [-0.39, 0.29) is 17.3 Å². The Morgan fingerprint density at radius 2 is 1.69 bits per heavy atom. The zero-order valence-corrected chi connectivity index (χ0v) is 15.2. The molecule has 0 fully saturated rings. The number of rotatable bonds is 9. The minimum Gasteiger partial charge on any atom is -0.350 e. The molecule has 0 saturated carbocycles. The molecule has 2 aromatic rings. The van der Waals surface area contributed by atoms with Gasteiger partial charge in [-0.2, -0.15) is 0 Å². The molecule has 0 aliphatic carbocycles. The lowest BCUT2D eigenvalue weighted by molar-refractivity contribution is -0.385. The third kappa shape index (κ3) is 5.13. The second-order valence-corrected chi connectivity index (χ2v) is 6.05. The number of nitro benzene ring substituents is 1. The molecule has 0 aliphatic heterocycles. The van der Waals surface area contributed by atoms with E-state index in [1.54, 1.807) is 12.1 Å². The maximum absolute atomic E-state index is 12.5. The van der Waals surface area contributed by atoms with E-state index < -0.39 is 10.8 Å². The van der Waals surface area contributed by atoms with Crippen molar-refractivity contribution in [2.75, 3.05) is 19.6 Å². The van der Waals surface area contributed by atoms with Crippen LogP contribution in [0, 0.1) is 10.1 Å². The Bertz CT molecular complexity index is 730. The van der Waals surface area contributed by atoms with Gasteiger partial charge in [0, 0.05) is 18.7 Å². The summed E-state index contributed by atoms with van der Waals surface area (Å²) >= 11 is 0. The summed E-state index contributed by atoms with van der Waals surface area (Å²) < 4.78 is 0. The van der Waals surface area contributed by atoms with Crippen LogP contribution in [0.4, 0.5) is 5.69 Å². The Hall–Kier alpha value is -2.73. The molecule has 0 saturated heterocycles. The van der Waals surface area contributed by atoms with Crippen molar-refractivity contribution in [1.82, 2.24) is 10.2 Å². The van der Waals surface area contributed by atoms with Gasteiger partial charge in [0.2, 0.25) is 0 Å². The van der Waals surface area contributed by atoms with Crippen LogP contribution in [0.2, 0.25) is 0 Å². The van der Waals surface area contributed by atoms with Crippen molar-refractivity contribution in [3.8, 4) is 0 Å². The lowest BCUT2D eigenvalue weighted by Gasteiger charge is -2.30. The fraction of sp³-hybridized carbons (Fsp3) is 0.350. The number of amides is 1. The first kappa shape index (κ1) is 19.6. The van der Waals surface area contributed by atoms with E-state index >= 15 is 0 Å². The van der Waals surface area contributed by atoms with Crippen molar-refractivity contribution in [3.63, 3.8) is 0 Å². The van der Waals surface area contributed by atoms with Crippen molar-refractivity contribution in [3.05, 3.63) is 75.8 Å². The second-order valence-electron chi connectivity index (χ2n) is 6.05. The van der Waals surface area contributed by atoms with E-state index in [4.69, 9.17) is 0 Å². The van der Waals surface area contributed by atoms with Crippen molar-refractivity contribution in [2.45, 2.75) is 26.3 Å². The standard InChI is InChI=1S/C20H25N3O3/c1-3-22(4-2)17(14-16-10-6-5-7-11-16)15-21-20(24)18-12-8-9-13-19(18)23(25)26/h5-13,17H,3-4,14-15H2,1-2H3,(H,21,24). The van der Waals surface area contributed by atoms with Crippen LogP contribution < -0.4 is 5.32 Å². The van der Waals surface area contributed by atoms with Crippen molar-refractivity contribution < 1.29 is 9.72 Å². The molecule has 26 heavy (non-hydrogen) atoms. The lowest BCUT2D eigenvalue weighted by atomic mass is 10.0.